The summed E-state index contributed by atoms with van der Waals surface area (Å²) in [4.78, 5) is 1.23. The van der Waals surface area contributed by atoms with Gasteiger partial charge in [0, 0.05) is 10.9 Å². The topological polar surface area (TPSA) is 20.2 Å². The Balaban J connectivity index is 0.000001000. The molecule has 1 N–H and O–H groups in total. The van der Waals surface area contributed by atoms with Crippen LogP contribution in [0.4, 0.5) is 0 Å². The molecule has 1 nitrogen and oxygen atoms in total. The van der Waals surface area contributed by atoms with Crippen molar-refractivity contribution >= 4 is 10.9 Å². The van der Waals surface area contributed by atoms with E-state index in [2.05, 4.69) is 0 Å². The van der Waals surface area contributed by atoms with Gasteiger partial charge < -0.3 is 17.5 Å². The summed E-state index contributed by atoms with van der Waals surface area (Å²) in [7, 11) is 0.0152. The minimum atomic E-state index is 0. The SMILES string of the molecule is C[S+](CO)c1ccccc1.[Cl-]. The van der Waals surface area contributed by atoms with E-state index < -0.39 is 0 Å². The molecule has 1 aromatic carbocycles. The molecule has 0 aliphatic heterocycles. The second-order valence-electron chi connectivity index (χ2n) is 2.08. The van der Waals surface area contributed by atoms with E-state index in [1.807, 2.05) is 36.6 Å². The summed E-state index contributed by atoms with van der Waals surface area (Å²) in [6.45, 7) is 0. The molecular formula is C8H11ClOS. The molecule has 1 atom stereocenters. The van der Waals surface area contributed by atoms with Gasteiger partial charge in [-0.05, 0) is 12.1 Å². The highest BCUT2D eigenvalue weighted by molar-refractivity contribution is 7.96. The Kier molecular flexibility index (Phi) is 5.38. The van der Waals surface area contributed by atoms with E-state index in [1.165, 1.54) is 4.90 Å². The van der Waals surface area contributed by atoms with Crippen LogP contribution < -0.4 is 12.4 Å². The van der Waals surface area contributed by atoms with Crippen LogP contribution in [0.15, 0.2) is 35.2 Å². The van der Waals surface area contributed by atoms with Crippen LogP contribution in [-0.4, -0.2) is 17.3 Å². The maximum Gasteiger partial charge on any atom is 0.210 e. The normalized spacial score (nSPS) is 11.8. The lowest BCUT2D eigenvalue weighted by atomic mass is 10.4. The molecule has 0 bridgehead atoms. The molecule has 1 aromatic rings. The van der Waals surface area contributed by atoms with Crippen LogP contribution in [0.5, 0.6) is 0 Å². The molecule has 0 saturated carbocycles. The highest BCUT2D eigenvalue weighted by Gasteiger charge is 2.10. The fraction of sp³-hybridized carbons (Fsp3) is 0.250. The highest BCUT2D eigenvalue weighted by Crippen LogP contribution is 2.08. The third-order valence-electron chi connectivity index (χ3n) is 1.34. The average molecular weight is 191 g/mol. The highest BCUT2D eigenvalue weighted by atomic mass is 35.5. The number of benzene rings is 1. The third-order valence-corrected chi connectivity index (χ3v) is 2.80. The van der Waals surface area contributed by atoms with Crippen molar-refractivity contribution in [2.45, 2.75) is 4.90 Å². The number of hydrogen-bond donors (Lipinski definition) is 1. The lowest BCUT2D eigenvalue weighted by Gasteiger charge is -1.95. The van der Waals surface area contributed by atoms with Gasteiger partial charge in [-0.15, -0.1) is 0 Å². The van der Waals surface area contributed by atoms with Crippen molar-refractivity contribution < 1.29 is 17.5 Å². The second kappa shape index (κ2) is 5.47. The van der Waals surface area contributed by atoms with Crippen LogP contribution in [0.3, 0.4) is 0 Å². The summed E-state index contributed by atoms with van der Waals surface area (Å²) in [5, 5.41) is 8.80. The van der Waals surface area contributed by atoms with Crippen LogP contribution in [0, 0.1) is 0 Å². The Labute approximate surface area is 76.2 Å². The summed E-state index contributed by atoms with van der Waals surface area (Å²) in [5.41, 5.74) is 0. The van der Waals surface area contributed by atoms with E-state index in [-0.39, 0.29) is 29.2 Å². The molecule has 0 amide bonds. The van der Waals surface area contributed by atoms with Gasteiger partial charge in [0.1, 0.15) is 6.26 Å². The molecule has 62 valence electrons. The van der Waals surface area contributed by atoms with Gasteiger partial charge in [0.25, 0.3) is 0 Å². The Bertz CT molecular complexity index is 191. The third kappa shape index (κ3) is 3.14. The van der Waals surface area contributed by atoms with E-state index >= 15 is 0 Å². The predicted octanol–water partition coefficient (Wildman–Crippen LogP) is -1.75. The molecule has 0 spiro atoms. The van der Waals surface area contributed by atoms with Gasteiger partial charge in [0.05, 0.1) is 0 Å². The smallest absolute Gasteiger partial charge is 0.210 e. The van der Waals surface area contributed by atoms with E-state index in [1.54, 1.807) is 0 Å². The zero-order valence-electron chi connectivity index (χ0n) is 6.33. The first-order valence-electron chi connectivity index (χ1n) is 3.13. The molecule has 0 fully saturated rings. The molecule has 3 heteroatoms. The molecule has 0 aliphatic rings. The predicted molar refractivity (Wildman–Crippen MR) is 45.1 cm³/mol. The number of aliphatic hydroxyl groups is 1. The van der Waals surface area contributed by atoms with Gasteiger partial charge in [0.15, 0.2) is 4.90 Å². The molecular weight excluding hydrogens is 180 g/mol. The summed E-state index contributed by atoms with van der Waals surface area (Å²) in [6, 6.07) is 10.1. The van der Waals surface area contributed by atoms with Crippen molar-refractivity contribution in [1.29, 1.82) is 0 Å². The Morgan fingerprint density at radius 3 is 2.27 bits per heavy atom. The maximum absolute atomic E-state index is 8.80. The van der Waals surface area contributed by atoms with E-state index in [9.17, 15) is 0 Å². The quantitative estimate of drug-likeness (QED) is 0.549. The molecule has 0 aliphatic carbocycles. The van der Waals surface area contributed by atoms with Crippen LogP contribution in [0.1, 0.15) is 0 Å². The summed E-state index contributed by atoms with van der Waals surface area (Å²) in [5.74, 6) is 0.254. The van der Waals surface area contributed by atoms with Crippen LogP contribution in [-0.2, 0) is 10.9 Å². The lowest BCUT2D eigenvalue weighted by Crippen LogP contribution is -3.00. The number of rotatable bonds is 2. The lowest BCUT2D eigenvalue weighted by molar-refractivity contribution is -0.00000289. The van der Waals surface area contributed by atoms with Crippen molar-refractivity contribution in [3.8, 4) is 0 Å². The van der Waals surface area contributed by atoms with E-state index in [4.69, 9.17) is 5.11 Å². The Morgan fingerprint density at radius 2 is 1.82 bits per heavy atom. The minimum absolute atomic E-state index is 0. The molecule has 1 rings (SSSR count). The van der Waals surface area contributed by atoms with Crippen LogP contribution >= 0.6 is 0 Å². The van der Waals surface area contributed by atoms with Crippen molar-refractivity contribution in [3.63, 3.8) is 0 Å². The van der Waals surface area contributed by atoms with Crippen molar-refractivity contribution in [2.24, 2.45) is 0 Å². The van der Waals surface area contributed by atoms with Crippen molar-refractivity contribution in [1.82, 2.24) is 0 Å². The summed E-state index contributed by atoms with van der Waals surface area (Å²) < 4.78 is 0. The maximum atomic E-state index is 8.80. The monoisotopic (exact) mass is 190 g/mol. The Hall–Kier alpha value is -0.180. The standard InChI is InChI=1S/C8H11OS.ClH/c1-10(7-9)8-5-3-2-4-6-8;/h2-6,9H,7H2,1H3;1H/q+1;/p-1. The van der Waals surface area contributed by atoms with Gasteiger partial charge >= 0.3 is 0 Å². The molecule has 1 unspecified atom stereocenters. The first-order chi connectivity index (χ1) is 4.84. The molecule has 0 heterocycles. The van der Waals surface area contributed by atoms with Gasteiger partial charge in [-0.1, -0.05) is 18.2 Å². The number of aliphatic hydroxyl groups excluding tert-OH is 1. The first kappa shape index (κ1) is 10.8. The minimum Gasteiger partial charge on any atom is -1.00 e. The fourth-order valence-corrected chi connectivity index (χ4v) is 1.50. The van der Waals surface area contributed by atoms with Gasteiger partial charge in [-0.3, -0.25) is 0 Å². The zero-order chi connectivity index (χ0) is 7.40. The van der Waals surface area contributed by atoms with E-state index in [0.29, 0.717) is 0 Å². The van der Waals surface area contributed by atoms with Gasteiger partial charge in [-0.25, -0.2) is 0 Å². The van der Waals surface area contributed by atoms with Gasteiger partial charge in [-0.2, -0.15) is 0 Å². The van der Waals surface area contributed by atoms with Gasteiger partial charge in [0.2, 0.25) is 5.94 Å². The number of halogens is 1. The molecule has 0 saturated heterocycles. The first-order valence-corrected chi connectivity index (χ1v) is 4.93. The molecule has 11 heavy (non-hydrogen) atoms. The molecule has 0 aromatic heterocycles. The van der Waals surface area contributed by atoms with E-state index in [0.717, 1.165) is 0 Å². The number of hydrogen-bond acceptors (Lipinski definition) is 1. The summed E-state index contributed by atoms with van der Waals surface area (Å²) >= 11 is 0. The second-order valence-corrected chi connectivity index (χ2v) is 4.08. The van der Waals surface area contributed by atoms with Crippen molar-refractivity contribution in [3.05, 3.63) is 30.3 Å². The Morgan fingerprint density at radius 1 is 1.27 bits per heavy atom. The zero-order valence-corrected chi connectivity index (χ0v) is 7.90. The molecule has 0 radical (unpaired) electrons. The van der Waals surface area contributed by atoms with Crippen molar-refractivity contribution in [2.75, 3.05) is 12.2 Å². The average Bonchev–Trinajstić information content (AvgIpc) is 2.05. The largest absolute Gasteiger partial charge is 1.00 e. The van der Waals surface area contributed by atoms with Crippen LogP contribution in [0.25, 0.3) is 0 Å². The summed E-state index contributed by atoms with van der Waals surface area (Å²) in [6.07, 6.45) is 2.04. The fourth-order valence-electron chi connectivity index (χ4n) is 0.727. The van der Waals surface area contributed by atoms with Crippen LogP contribution in [0.2, 0.25) is 0 Å².